The molecule has 2 saturated carbocycles. The molecule has 3 amide bonds. The van der Waals surface area contributed by atoms with Gasteiger partial charge in [-0.15, -0.1) is 11.6 Å². The number of hydrogen-bond donors (Lipinski definition) is 0. The zero-order valence-electron chi connectivity index (χ0n) is 20.1. The first-order valence-electron chi connectivity index (χ1n) is 12.2. The van der Waals surface area contributed by atoms with Gasteiger partial charge in [-0.25, -0.2) is 5.01 Å². The average Bonchev–Trinajstić information content (AvgIpc) is 3.54. The topological polar surface area (TPSA) is 118 Å². The predicted octanol–water partition coefficient (Wildman–Crippen LogP) is 5.26. The number of carbonyl (C=O) groups is 4. The van der Waals surface area contributed by atoms with E-state index in [1.54, 1.807) is 0 Å². The maximum atomic E-state index is 14.0. The van der Waals surface area contributed by atoms with Crippen molar-refractivity contribution in [1.82, 2.24) is 10.0 Å². The van der Waals surface area contributed by atoms with Crippen LogP contribution in [0.3, 0.4) is 0 Å². The van der Waals surface area contributed by atoms with Gasteiger partial charge in [0.2, 0.25) is 0 Å². The van der Waals surface area contributed by atoms with Crippen molar-refractivity contribution in [2.75, 3.05) is 5.88 Å². The van der Waals surface area contributed by atoms with Crippen LogP contribution in [-0.2, 0) is 9.59 Å². The van der Waals surface area contributed by atoms with Gasteiger partial charge in [0, 0.05) is 43.8 Å². The second kappa shape index (κ2) is 10.9. The van der Waals surface area contributed by atoms with Gasteiger partial charge in [-0.05, 0) is 61.1 Å². The molecule has 204 valence electrons. The monoisotopic (exact) mass is 699 g/mol. The lowest BCUT2D eigenvalue weighted by Gasteiger charge is -2.36. The lowest BCUT2D eigenvalue weighted by atomic mass is 9.81. The van der Waals surface area contributed by atoms with E-state index in [1.807, 2.05) is 0 Å². The highest BCUT2D eigenvalue weighted by Crippen LogP contribution is 2.60. The average molecular weight is 702 g/mol. The summed E-state index contributed by atoms with van der Waals surface area (Å²) in [7, 11) is 0. The van der Waals surface area contributed by atoms with Gasteiger partial charge < -0.3 is 0 Å². The van der Waals surface area contributed by atoms with E-state index < -0.39 is 46.3 Å². The molecule has 9 nitrogen and oxygen atoms in total. The van der Waals surface area contributed by atoms with E-state index in [0.29, 0.717) is 11.4 Å². The second-order valence-electron chi connectivity index (χ2n) is 9.81. The van der Waals surface area contributed by atoms with E-state index in [-0.39, 0.29) is 50.6 Å². The van der Waals surface area contributed by atoms with Crippen LogP contribution in [0.25, 0.3) is 0 Å². The number of rotatable bonds is 8. The minimum absolute atomic E-state index is 0.0198. The molecule has 13 heteroatoms. The molecule has 0 spiro atoms. The number of nitro benzene ring substituents is 1. The number of carbonyl (C=O) groups excluding carboxylic acids is 4. The number of imide groups is 1. The van der Waals surface area contributed by atoms with Crippen LogP contribution < -0.4 is 0 Å². The molecule has 2 bridgehead atoms. The van der Waals surface area contributed by atoms with Crippen molar-refractivity contribution in [1.29, 1.82) is 0 Å². The largest absolute Gasteiger partial charge is 0.292 e. The molecule has 1 aliphatic heterocycles. The third kappa shape index (κ3) is 4.71. The van der Waals surface area contributed by atoms with E-state index >= 15 is 0 Å². The molecule has 5 rings (SSSR count). The van der Waals surface area contributed by atoms with Crippen molar-refractivity contribution < 1.29 is 24.1 Å². The van der Waals surface area contributed by atoms with Crippen LogP contribution in [0.4, 0.5) is 5.69 Å². The summed E-state index contributed by atoms with van der Waals surface area (Å²) < 4.78 is 0. The minimum Gasteiger partial charge on any atom is -0.292 e. The van der Waals surface area contributed by atoms with Gasteiger partial charge in [0.15, 0.2) is 5.78 Å². The summed E-state index contributed by atoms with van der Waals surface area (Å²) in [5.74, 6) is -3.95. The normalized spacial score (nSPS) is 27.9. The number of halogens is 4. The van der Waals surface area contributed by atoms with Crippen LogP contribution in [0.1, 0.15) is 33.6 Å². The number of nitrogens with zero attached hydrogens (tertiary/aromatic N) is 3. The fourth-order valence-electron chi connectivity index (χ4n) is 6.05. The fourth-order valence-corrected chi connectivity index (χ4v) is 8.26. The summed E-state index contributed by atoms with van der Waals surface area (Å²) in [4.78, 5) is 66.1. The zero-order valence-corrected chi connectivity index (χ0v) is 24.8. The number of hydrogen-bond acceptors (Lipinski definition) is 6. The number of nitro groups is 1. The fraction of sp³-hybridized carbons (Fsp3) is 0.385. The Balaban J connectivity index is 1.59. The highest BCUT2D eigenvalue weighted by Gasteiger charge is 2.68. The van der Waals surface area contributed by atoms with Crippen LogP contribution in [-0.4, -0.2) is 60.0 Å². The summed E-state index contributed by atoms with van der Waals surface area (Å²) in [6, 6.07) is 9.50. The summed E-state index contributed by atoms with van der Waals surface area (Å²) in [6.07, 6.45) is 0.640. The predicted molar refractivity (Wildman–Crippen MR) is 150 cm³/mol. The Morgan fingerprint density at radius 3 is 1.97 bits per heavy atom. The van der Waals surface area contributed by atoms with Crippen molar-refractivity contribution in [2.45, 2.75) is 28.5 Å². The van der Waals surface area contributed by atoms with Crippen molar-refractivity contribution in [3.63, 3.8) is 0 Å². The van der Waals surface area contributed by atoms with Crippen molar-refractivity contribution in [3.05, 3.63) is 74.8 Å². The van der Waals surface area contributed by atoms with Gasteiger partial charge in [-0.3, -0.25) is 29.3 Å². The first kappa shape index (κ1) is 28.2. The van der Waals surface area contributed by atoms with Crippen molar-refractivity contribution in [2.24, 2.45) is 23.7 Å². The molecule has 2 aliphatic carbocycles. The molecule has 2 aromatic rings. The molecule has 0 radical (unpaired) electrons. The maximum absolute atomic E-state index is 14.0. The molecule has 39 heavy (non-hydrogen) atoms. The molecule has 0 N–H and O–H groups in total. The number of benzene rings is 2. The Bertz CT molecular complexity index is 1330. The Kier molecular flexibility index (Phi) is 7.89. The van der Waals surface area contributed by atoms with Gasteiger partial charge in [0.1, 0.15) is 6.04 Å². The second-order valence-corrected chi connectivity index (χ2v) is 12.7. The highest BCUT2D eigenvalue weighted by molar-refractivity contribution is 9.12. The maximum Gasteiger partial charge on any atom is 0.273 e. The lowest BCUT2D eigenvalue weighted by molar-refractivity contribution is -0.384. The lowest BCUT2D eigenvalue weighted by Crippen LogP contribution is -2.58. The van der Waals surface area contributed by atoms with Crippen LogP contribution >= 0.6 is 55.1 Å². The zero-order chi connectivity index (χ0) is 28.2. The molecule has 3 fully saturated rings. The number of alkyl halides is 3. The Morgan fingerprint density at radius 2 is 1.49 bits per heavy atom. The SMILES string of the molecule is O=C(c1ccc(Cl)cc1)[C@H](CCCl)N(C(=O)c1ccc([N+](=O)[O-])cc1)N1C(=O)[C@@H]2[C@H]3C[C@@H]([C@@H](Br)[C@H]3Br)[C@H]2C1=O. The van der Waals surface area contributed by atoms with Gasteiger partial charge in [0.25, 0.3) is 23.4 Å². The molecule has 0 aromatic heterocycles. The van der Waals surface area contributed by atoms with E-state index in [4.69, 9.17) is 23.2 Å². The Labute approximate surface area is 250 Å². The number of amides is 3. The first-order chi connectivity index (χ1) is 18.6. The standard InChI is InChI=1S/C26H21Br2Cl2N3O6/c27-21-16-11-17(22(21)28)20-19(16)25(36)32(26(20)37)31(24(35)13-3-7-15(8-4-13)33(38)39)18(9-10-29)23(34)12-1-5-14(30)6-2-12/h1-8,16-22H,9-11H2/t16-,17-,18+,19-,20-,21-,22+/m1/s1. The van der Waals surface area contributed by atoms with Crippen LogP contribution in [0.15, 0.2) is 48.5 Å². The van der Waals surface area contributed by atoms with Gasteiger partial charge in [-0.1, -0.05) is 43.5 Å². The van der Waals surface area contributed by atoms with Gasteiger partial charge in [-0.2, -0.15) is 5.01 Å². The number of fused-ring (bicyclic) bond motifs is 5. The highest BCUT2D eigenvalue weighted by atomic mass is 79.9. The van der Waals surface area contributed by atoms with Crippen LogP contribution in [0, 0.1) is 33.8 Å². The van der Waals surface area contributed by atoms with Crippen LogP contribution in [0.2, 0.25) is 5.02 Å². The number of hydrazine groups is 1. The quantitative estimate of drug-likeness (QED) is 0.122. The molecule has 7 atom stereocenters. The van der Waals surface area contributed by atoms with E-state index in [9.17, 15) is 29.3 Å². The molecule has 2 aromatic carbocycles. The van der Waals surface area contributed by atoms with E-state index in [1.165, 1.54) is 36.4 Å². The van der Waals surface area contributed by atoms with Crippen molar-refractivity contribution in [3.8, 4) is 0 Å². The van der Waals surface area contributed by atoms with Crippen LogP contribution in [0.5, 0.6) is 0 Å². The van der Waals surface area contributed by atoms with E-state index in [0.717, 1.165) is 22.2 Å². The molecular formula is C26H21Br2Cl2N3O6. The third-order valence-electron chi connectivity index (χ3n) is 7.82. The minimum atomic E-state index is -1.30. The van der Waals surface area contributed by atoms with Gasteiger partial charge >= 0.3 is 0 Å². The number of non-ortho nitro benzene ring substituents is 1. The van der Waals surface area contributed by atoms with Crippen molar-refractivity contribution >= 4 is 84.3 Å². The third-order valence-corrected chi connectivity index (χ3v) is 11.5. The number of Topliss-reactive ketones (excluding diaryl/α,β-unsaturated/α-hetero) is 1. The van der Waals surface area contributed by atoms with E-state index in [2.05, 4.69) is 31.9 Å². The molecule has 1 heterocycles. The van der Waals surface area contributed by atoms with Gasteiger partial charge in [0.05, 0.1) is 16.8 Å². The summed E-state index contributed by atoms with van der Waals surface area (Å²) in [6.45, 7) is 0. The molecule has 1 saturated heterocycles. The Hall–Kier alpha value is -2.34. The summed E-state index contributed by atoms with van der Waals surface area (Å²) in [5.41, 5.74) is -0.0447. The smallest absolute Gasteiger partial charge is 0.273 e. The Morgan fingerprint density at radius 1 is 0.974 bits per heavy atom. The molecular weight excluding hydrogens is 681 g/mol. The first-order valence-corrected chi connectivity index (χ1v) is 14.9. The molecule has 0 unspecified atom stereocenters. The number of ketones is 1. The molecule has 3 aliphatic rings. The summed E-state index contributed by atoms with van der Waals surface area (Å²) >= 11 is 19.4. The summed E-state index contributed by atoms with van der Waals surface area (Å²) in [5, 5.41) is 13.3.